The molecular weight excluding hydrogens is 287 g/mol. The molecule has 120 valence electrons. The van der Waals surface area contributed by atoms with Crippen LogP contribution in [0.1, 0.15) is 19.0 Å². The van der Waals surface area contributed by atoms with Crippen molar-refractivity contribution in [2.24, 2.45) is 4.99 Å². The number of rotatable bonds is 9. The topological polar surface area (TPSA) is 70.7 Å². The van der Waals surface area contributed by atoms with Crippen LogP contribution in [0.25, 0.3) is 0 Å². The first-order chi connectivity index (χ1) is 10.6. The van der Waals surface area contributed by atoms with Crippen molar-refractivity contribution in [3.05, 3.63) is 30.8 Å². The molecule has 1 rings (SSSR count). The Kier molecular flexibility index (Phi) is 11.2. The van der Waals surface area contributed by atoms with E-state index >= 15 is 0 Å². The minimum absolute atomic E-state index is 0. The summed E-state index contributed by atoms with van der Waals surface area (Å²) in [6.07, 6.45) is 5.16. The van der Waals surface area contributed by atoms with Crippen molar-refractivity contribution >= 4 is 12.0 Å². The first-order valence-electron chi connectivity index (χ1n) is 6.97. The van der Waals surface area contributed by atoms with Crippen LogP contribution in [0, 0.1) is 30.4 Å². The molecule has 0 aliphatic heterocycles. The van der Waals surface area contributed by atoms with Crippen LogP contribution in [-0.4, -0.2) is 50.1 Å². The number of aromatic nitrogens is 1. The smallest absolute Gasteiger partial charge is 0.549 e. The summed E-state index contributed by atoms with van der Waals surface area (Å²) in [5.41, 5.74) is 0.669. The summed E-state index contributed by atoms with van der Waals surface area (Å²) in [6.45, 7) is 7.04. The predicted molar refractivity (Wildman–Crippen MR) is 84.8 cm³/mol. The van der Waals surface area contributed by atoms with E-state index in [4.69, 9.17) is 14.7 Å². The summed E-state index contributed by atoms with van der Waals surface area (Å²) in [7, 11) is 3.70. The van der Waals surface area contributed by atoms with Gasteiger partial charge in [0.25, 0.3) is 0 Å². The van der Waals surface area contributed by atoms with E-state index in [1.165, 1.54) is 0 Å². The quantitative estimate of drug-likeness (QED) is 0.258. The molecule has 1 heterocycles. The zero-order valence-electron chi connectivity index (χ0n) is 14.3. The van der Waals surface area contributed by atoms with Crippen molar-refractivity contribution < 1.29 is 28.3 Å². The van der Waals surface area contributed by atoms with E-state index in [-0.39, 0.29) is 24.6 Å². The maximum Gasteiger partial charge on any atom is 1.00 e. The minimum Gasteiger partial charge on any atom is -0.549 e. The average Bonchev–Trinajstić information content (AvgIpc) is 2.53. The van der Waals surface area contributed by atoms with Crippen molar-refractivity contribution in [3.63, 3.8) is 0 Å². The molecule has 0 bridgehead atoms. The standard InChI is InChI=1S/C16H21N4O2.Li/c1-5-13(10-21-6-2)11-22-14-7-15(19-12-20(3)4)16(8-17)18-9-14;/h7,12H,2,5-6,10-11H2,1,3-4H3;/q-3;+1. The van der Waals surface area contributed by atoms with E-state index in [9.17, 15) is 0 Å². The number of hydrogen-bond donors (Lipinski definition) is 0. The fourth-order valence-electron chi connectivity index (χ4n) is 1.47. The normalized spacial score (nSPS) is 10.4. The van der Waals surface area contributed by atoms with Gasteiger partial charge in [0.15, 0.2) is 0 Å². The maximum absolute atomic E-state index is 9.04. The Hall–Kier alpha value is -1.53. The fourth-order valence-corrected chi connectivity index (χ4v) is 1.47. The Morgan fingerprint density at radius 1 is 1.52 bits per heavy atom. The van der Waals surface area contributed by atoms with E-state index in [2.05, 4.69) is 23.1 Å². The monoisotopic (exact) mass is 308 g/mol. The van der Waals surface area contributed by atoms with E-state index in [1.54, 1.807) is 17.3 Å². The van der Waals surface area contributed by atoms with Crippen LogP contribution in [0.5, 0.6) is 5.75 Å². The van der Waals surface area contributed by atoms with Crippen LogP contribution in [0.3, 0.4) is 0 Å². The molecule has 0 atom stereocenters. The molecule has 0 saturated heterocycles. The number of ether oxygens (including phenoxy) is 2. The largest absolute Gasteiger partial charge is 1.00 e. The van der Waals surface area contributed by atoms with E-state index in [1.807, 2.05) is 27.1 Å². The molecule has 6 nitrogen and oxygen atoms in total. The van der Waals surface area contributed by atoms with E-state index in [0.717, 1.165) is 12.3 Å². The second kappa shape index (κ2) is 12.0. The minimum atomic E-state index is 0. The van der Waals surface area contributed by atoms with E-state index < -0.39 is 0 Å². The second-order valence-electron chi connectivity index (χ2n) is 4.73. The van der Waals surface area contributed by atoms with Crippen LogP contribution in [0.15, 0.2) is 11.1 Å². The molecule has 23 heavy (non-hydrogen) atoms. The molecule has 0 saturated carbocycles. The predicted octanol–water partition coefficient (Wildman–Crippen LogP) is -0.807. The molecule has 1 aromatic heterocycles. The molecule has 1 aromatic rings. The van der Waals surface area contributed by atoms with Gasteiger partial charge in [-0.25, -0.2) is 5.26 Å². The van der Waals surface area contributed by atoms with E-state index in [0.29, 0.717) is 31.3 Å². The van der Waals surface area contributed by atoms with Gasteiger partial charge in [-0.05, 0) is 18.5 Å². The molecule has 0 fully saturated rings. The van der Waals surface area contributed by atoms with Crippen LogP contribution in [0.4, 0.5) is 5.69 Å². The zero-order valence-corrected chi connectivity index (χ0v) is 14.3. The Bertz CT molecular complexity index is 529. The van der Waals surface area contributed by atoms with Crippen LogP contribution >= 0.6 is 0 Å². The third-order valence-corrected chi connectivity index (χ3v) is 2.70. The average molecular weight is 308 g/mol. The van der Waals surface area contributed by atoms with Crippen LogP contribution in [-0.2, 0) is 4.74 Å². The van der Waals surface area contributed by atoms with Gasteiger partial charge in [0.05, 0.1) is 18.1 Å². The van der Waals surface area contributed by atoms with Gasteiger partial charge < -0.3 is 26.3 Å². The Labute approximate surface area is 150 Å². The summed E-state index contributed by atoms with van der Waals surface area (Å²) >= 11 is 0. The Morgan fingerprint density at radius 2 is 2.26 bits per heavy atom. The SMILES string of the molecule is [CH2-]COC[C-](CC)COc1[c-]nc(C#N)c(N=CN(C)C)c1.[Li+]. The molecule has 0 aromatic carbocycles. The Morgan fingerprint density at radius 3 is 2.83 bits per heavy atom. The molecule has 0 aliphatic carbocycles. The molecule has 0 N–H and O–H groups in total. The molecule has 0 aliphatic rings. The summed E-state index contributed by atoms with van der Waals surface area (Å²) in [5.74, 6) is 1.56. The molecule has 0 radical (unpaired) electrons. The van der Waals surface area contributed by atoms with Crippen molar-refractivity contribution in [2.75, 3.05) is 33.9 Å². The molecule has 0 amide bonds. The van der Waals surface area contributed by atoms with Gasteiger partial charge in [0.1, 0.15) is 0 Å². The van der Waals surface area contributed by atoms with Gasteiger partial charge in [-0.3, -0.25) is 10.9 Å². The van der Waals surface area contributed by atoms with Crippen molar-refractivity contribution in [1.82, 2.24) is 9.88 Å². The first-order valence-corrected chi connectivity index (χ1v) is 6.97. The molecular formula is C16H21LiN4O2-2. The van der Waals surface area contributed by atoms with Gasteiger partial charge in [0, 0.05) is 19.8 Å². The summed E-state index contributed by atoms with van der Waals surface area (Å²) in [6, 6.07) is 3.64. The summed E-state index contributed by atoms with van der Waals surface area (Å²) < 4.78 is 10.9. The summed E-state index contributed by atoms with van der Waals surface area (Å²) in [5, 5.41) is 9.04. The number of aliphatic imine (C=N–C) groups is 1. The number of nitrogens with zero attached hydrogens (tertiary/aromatic N) is 4. The van der Waals surface area contributed by atoms with Crippen LogP contribution in [0.2, 0.25) is 0 Å². The van der Waals surface area contributed by atoms with Gasteiger partial charge in [-0.1, -0.05) is 26.2 Å². The third-order valence-electron chi connectivity index (χ3n) is 2.70. The summed E-state index contributed by atoms with van der Waals surface area (Å²) in [4.78, 5) is 9.93. The van der Waals surface area contributed by atoms with Crippen molar-refractivity contribution in [1.29, 1.82) is 5.26 Å². The first kappa shape index (κ1) is 21.5. The maximum atomic E-state index is 9.04. The van der Waals surface area contributed by atoms with Crippen LogP contribution < -0.4 is 23.6 Å². The van der Waals surface area contributed by atoms with Gasteiger partial charge in [-0.2, -0.15) is 6.42 Å². The second-order valence-corrected chi connectivity index (χ2v) is 4.73. The third kappa shape index (κ3) is 8.04. The van der Waals surface area contributed by atoms with Crippen molar-refractivity contribution in [2.45, 2.75) is 13.3 Å². The molecule has 7 heteroatoms. The Balaban J connectivity index is 0.00000484. The van der Waals surface area contributed by atoms with Gasteiger partial charge in [-0.15, -0.1) is 0 Å². The molecule has 0 unspecified atom stereocenters. The zero-order chi connectivity index (χ0) is 16.4. The number of nitriles is 1. The van der Waals surface area contributed by atoms with Gasteiger partial charge >= 0.3 is 18.9 Å². The molecule has 0 spiro atoms. The van der Waals surface area contributed by atoms with Gasteiger partial charge in [0.2, 0.25) is 0 Å². The number of pyridine rings is 1. The van der Waals surface area contributed by atoms with Crippen molar-refractivity contribution in [3.8, 4) is 11.8 Å². The number of hydrogen-bond acceptors (Lipinski definition) is 5. The fraction of sp³-hybridized carbons (Fsp3) is 0.438.